The minimum atomic E-state index is -1.17. The number of halogens is 1. The number of nitrogens with one attached hydrogen (secondary N) is 1. The summed E-state index contributed by atoms with van der Waals surface area (Å²) < 4.78 is 23.4. The molecule has 0 aromatic heterocycles. The first-order valence-electron chi connectivity index (χ1n) is 6.86. The van der Waals surface area contributed by atoms with Crippen LogP contribution in [0.1, 0.15) is 19.4 Å². The summed E-state index contributed by atoms with van der Waals surface area (Å²) in [5.41, 5.74) is 5.23. The average molecular weight is 326 g/mol. The van der Waals surface area contributed by atoms with Crippen LogP contribution in [-0.4, -0.2) is 31.1 Å². The minimum Gasteiger partial charge on any atom is -0.494 e. The summed E-state index contributed by atoms with van der Waals surface area (Å²) in [6.45, 7) is 3.29. The van der Waals surface area contributed by atoms with Gasteiger partial charge >= 0.3 is 12.0 Å². The third kappa shape index (κ3) is 5.57. The highest BCUT2D eigenvalue weighted by Crippen LogP contribution is 2.18. The van der Waals surface area contributed by atoms with Crippen molar-refractivity contribution in [3.05, 3.63) is 29.6 Å². The summed E-state index contributed by atoms with van der Waals surface area (Å²) in [7, 11) is 1.33. The number of carbonyl (C=O) groups excluding carboxylic acids is 3. The number of carbonyl (C=O) groups is 3. The molecular weight excluding hydrogens is 307 g/mol. The van der Waals surface area contributed by atoms with Crippen LogP contribution in [0.2, 0.25) is 0 Å². The van der Waals surface area contributed by atoms with Crippen LogP contribution in [0.3, 0.4) is 0 Å². The molecule has 0 saturated heterocycles. The smallest absolute Gasteiger partial charge is 0.318 e. The van der Waals surface area contributed by atoms with Gasteiger partial charge in [-0.3, -0.25) is 14.9 Å². The van der Waals surface area contributed by atoms with E-state index in [1.165, 1.54) is 19.2 Å². The van der Waals surface area contributed by atoms with Crippen LogP contribution in [0.5, 0.6) is 5.75 Å². The van der Waals surface area contributed by atoms with Crippen molar-refractivity contribution in [3.8, 4) is 5.75 Å². The highest BCUT2D eigenvalue weighted by atomic mass is 19.1. The van der Waals surface area contributed by atoms with E-state index in [0.717, 1.165) is 6.07 Å². The van der Waals surface area contributed by atoms with Gasteiger partial charge in [0.1, 0.15) is 0 Å². The van der Waals surface area contributed by atoms with Crippen molar-refractivity contribution in [2.24, 2.45) is 11.7 Å². The molecule has 3 N–H and O–H groups in total. The zero-order valence-corrected chi connectivity index (χ0v) is 13.1. The van der Waals surface area contributed by atoms with Crippen LogP contribution in [-0.2, 0) is 20.7 Å². The highest BCUT2D eigenvalue weighted by molar-refractivity contribution is 5.96. The lowest BCUT2D eigenvalue weighted by molar-refractivity contribution is -0.157. The first-order valence-corrected chi connectivity index (χ1v) is 6.86. The summed E-state index contributed by atoms with van der Waals surface area (Å²) in [5, 5.41) is 1.86. The number of urea groups is 1. The van der Waals surface area contributed by atoms with Gasteiger partial charge in [-0.1, -0.05) is 19.9 Å². The van der Waals surface area contributed by atoms with Crippen molar-refractivity contribution in [1.29, 1.82) is 0 Å². The molecule has 3 amide bonds. The van der Waals surface area contributed by atoms with Crippen molar-refractivity contribution >= 4 is 17.9 Å². The number of benzene rings is 1. The Hall–Kier alpha value is -2.64. The number of methoxy groups -OCH3 is 1. The quantitative estimate of drug-likeness (QED) is 0.762. The third-order valence-electron chi connectivity index (χ3n) is 2.93. The zero-order chi connectivity index (χ0) is 17.6. The molecule has 23 heavy (non-hydrogen) atoms. The predicted molar refractivity (Wildman–Crippen MR) is 79.1 cm³/mol. The number of hydrogen-bond acceptors (Lipinski definition) is 5. The van der Waals surface area contributed by atoms with E-state index < -0.39 is 29.8 Å². The summed E-state index contributed by atoms with van der Waals surface area (Å²) >= 11 is 0. The van der Waals surface area contributed by atoms with E-state index in [1.807, 2.05) is 5.32 Å². The van der Waals surface area contributed by atoms with Crippen LogP contribution in [0, 0.1) is 11.7 Å². The molecule has 0 radical (unpaired) electrons. The van der Waals surface area contributed by atoms with Gasteiger partial charge in [0.15, 0.2) is 17.7 Å². The Morgan fingerprint density at radius 3 is 2.43 bits per heavy atom. The molecule has 126 valence electrons. The molecule has 1 rings (SSSR count). The Morgan fingerprint density at radius 1 is 1.30 bits per heavy atom. The van der Waals surface area contributed by atoms with Crippen LogP contribution in [0.25, 0.3) is 0 Å². The summed E-state index contributed by atoms with van der Waals surface area (Å²) in [4.78, 5) is 34.4. The number of ether oxygens (including phenoxy) is 2. The summed E-state index contributed by atoms with van der Waals surface area (Å²) in [6, 6.07) is 3.01. The summed E-state index contributed by atoms with van der Waals surface area (Å²) in [5.74, 6) is -2.45. The first-order chi connectivity index (χ1) is 10.7. The Labute approximate surface area is 132 Å². The van der Waals surface area contributed by atoms with Crippen molar-refractivity contribution in [2.45, 2.75) is 26.4 Å². The number of primary amides is 1. The molecule has 1 unspecified atom stereocenters. The molecule has 0 aliphatic carbocycles. The van der Waals surface area contributed by atoms with Crippen LogP contribution >= 0.6 is 0 Å². The molecule has 0 saturated carbocycles. The number of imide groups is 1. The van der Waals surface area contributed by atoms with Gasteiger partial charge in [-0.25, -0.2) is 9.18 Å². The topological polar surface area (TPSA) is 108 Å². The molecule has 0 fully saturated rings. The van der Waals surface area contributed by atoms with Crippen molar-refractivity contribution in [1.82, 2.24) is 5.32 Å². The monoisotopic (exact) mass is 326 g/mol. The number of esters is 1. The van der Waals surface area contributed by atoms with E-state index in [4.69, 9.17) is 15.2 Å². The fourth-order valence-electron chi connectivity index (χ4n) is 1.85. The zero-order valence-electron chi connectivity index (χ0n) is 13.1. The normalized spacial score (nSPS) is 11.7. The maximum Gasteiger partial charge on any atom is 0.318 e. The second-order valence-corrected chi connectivity index (χ2v) is 5.15. The second-order valence-electron chi connectivity index (χ2n) is 5.15. The van der Waals surface area contributed by atoms with Gasteiger partial charge in [0.05, 0.1) is 13.5 Å². The third-order valence-corrected chi connectivity index (χ3v) is 2.93. The predicted octanol–water partition coefficient (Wildman–Crippen LogP) is 1.14. The molecule has 1 aromatic carbocycles. The Morgan fingerprint density at radius 2 is 1.96 bits per heavy atom. The summed E-state index contributed by atoms with van der Waals surface area (Å²) in [6.07, 6.45) is -1.40. The number of rotatable bonds is 6. The first kappa shape index (κ1) is 18.4. The van der Waals surface area contributed by atoms with Gasteiger partial charge in [0, 0.05) is 0 Å². The molecule has 0 aliphatic rings. The lowest BCUT2D eigenvalue weighted by atomic mass is 10.1. The average Bonchev–Trinajstić information content (AvgIpc) is 2.43. The largest absolute Gasteiger partial charge is 0.494 e. The molecule has 8 heteroatoms. The molecule has 0 spiro atoms. The van der Waals surface area contributed by atoms with E-state index in [-0.39, 0.29) is 18.1 Å². The molecular formula is C15H19FN2O5. The molecule has 7 nitrogen and oxygen atoms in total. The second kappa shape index (κ2) is 8.11. The maximum absolute atomic E-state index is 13.6. The molecule has 1 aromatic rings. The van der Waals surface area contributed by atoms with Crippen molar-refractivity contribution in [3.63, 3.8) is 0 Å². The molecule has 0 heterocycles. The van der Waals surface area contributed by atoms with Gasteiger partial charge < -0.3 is 15.2 Å². The lowest BCUT2D eigenvalue weighted by Crippen LogP contribution is -2.45. The van der Waals surface area contributed by atoms with E-state index in [1.54, 1.807) is 13.8 Å². The van der Waals surface area contributed by atoms with Gasteiger partial charge in [-0.15, -0.1) is 0 Å². The Bertz CT molecular complexity index is 604. The van der Waals surface area contributed by atoms with E-state index in [2.05, 4.69) is 0 Å². The van der Waals surface area contributed by atoms with Crippen LogP contribution in [0.15, 0.2) is 18.2 Å². The van der Waals surface area contributed by atoms with Crippen molar-refractivity contribution in [2.75, 3.05) is 7.11 Å². The fourth-order valence-corrected chi connectivity index (χ4v) is 1.85. The van der Waals surface area contributed by atoms with E-state index in [0.29, 0.717) is 5.56 Å². The van der Waals surface area contributed by atoms with Gasteiger partial charge in [-0.2, -0.15) is 0 Å². The van der Waals surface area contributed by atoms with Gasteiger partial charge in [-0.05, 0) is 23.6 Å². The Kier molecular flexibility index (Phi) is 6.49. The van der Waals surface area contributed by atoms with E-state index >= 15 is 0 Å². The minimum absolute atomic E-state index is 0.0583. The van der Waals surface area contributed by atoms with Gasteiger partial charge in [0.2, 0.25) is 0 Å². The van der Waals surface area contributed by atoms with Crippen LogP contribution in [0.4, 0.5) is 9.18 Å². The number of hydrogen-bond donors (Lipinski definition) is 2. The van der Waals surface area contributed by atoms with E-state index in [9.17, 15) is 18.8 Å². The SMILES string of the molecule is COc1ccc(CC(=O)OC(C(=O)NC(N)=O)C(C)C)cc1F. The molecule has 1 atom stereocenters. The Balaban J connectivity index is 2.74. The molecule has 0 aliphatic heterocycles. The highest BCUT2D eigenvalue weighted by Gasteiger charge is 2.27. The van der Waals surface area contributed by atoms with Crippen molar-refractivity contribution < 1.29 is 28.2 Å². The fraction of sp³-hybridized carbons (Fsp3) is 0.400. The lowest BCUT2D eigenvalue weighted by Gasteiger charge is -2.19. The van der Waals surface area contributed by atoms with Gasteiger partial charge in [0.25, 0.3) is 5.91 Å². The number of nitrogens with two attached hydrogens (primary N) is 1. The molecule has 0 bridgehead atoms. The standard InChI is InChI=1S/C15H19FN2O5/c1-8(2)13(14(20)18-15(17)21)23-12(19)7-9-4-5-11(22-3)10(16)6-9/h4-6,8,13H,7H2,1-3H3,(H3,17,18,20,21). The number of amides is 3. The van der Waals surface area contributed by atoms with Crippen LogP contribution < -0.4 is 15.8 Å². The maximum atomic E-state index is 13.6.